The molecule has 2 unspecified atom stereocenters. The van der Waals surface area contributed by atoms with Crippen LogP contribution in [-0.4, -0.2) is 101 Å². The SMILES string of the molecule is CON=C(C(=O)NC1(COC(=O)NC(=O)CCl)CON(C2(C(=O)OC(c3ccccc3)c3ccccc3)CCC(=O)O2)C1=O)c1csc(NC(=O)CCl)n1. The summed E-state index contributed by atoms with van der Waals surface area (Å²) in [6.45, 7) is -1.81. The fourth-order valence-corrected chi connectivity index (χ4v) is 6.08. The van der Waals surface area contributed by atoms with E-state index in [2.05, 4.69) is 20.8 Å². The molecule has 5 rings (SSSR count). The largest absolute Gasteiger partial charge is 0.448 e. The zero-order valence-corrected chi connectivity index (χ0v) is 30.4. The number of nitrogens with zero attached hydrogens (tertiary/aromatic N) is 3. The molecule has 3 N–H and O–H groups in total. The minimum Gasteiger partial charge on any atom is -0.448 e. The summed E-state index contributed by atoms with van der Waals surface area (Å²) in [5.74, 6) is -6.91. The van der Waals surface area contributed by atoms with Gasteiger partial charge < -0.3 is 29.7 Å². The van der Waals surface area contributed by atoms with Gasteiger partial charge in [0.05, 0.1) is 6.42 Å². The number of hydrogen-bond acceptors (Lipinski definition) is 15. The molecule has 21 heteroatoms. The molecule has 2 aliphatic heterocycles. The van der Waals surface area contributed by atoms with Crippen molar-refractivity contribution in [2.75, 3.05) is 37.4 Å². The summed E-state index contributed by atoms with van der Waals surface area (Å²) < 4.78 is 16.6. The molecule has 5 amide bonds. The molecule has 3 aromatic rings. The zero-order valence-electron chi connectivity index (χ0n) is 28.1. The topological polar surface area (TPSA) is 230 Å². The molecule has 2 aromatic carbocycles. The van der Waals surface area contributed by atoms with E-state index in [9.17, 15) is 33.6 Å². The number of benzene rings is 2. The van der Waals surface area contributed by atoms with E-state index in [1.54, 1.807) is 60.7 Å². The van der Waals surface area contributed by atoms with E-state index in [-0.39, 0.29) is 23.1 Å². The maximum Gasteiger partial charge on any atom is 0.413 e. The zero-order chi connectivity index (χ0) is 38.9. The Labute approximate surface area is 319 Å². The number of nitrogens with one attached hydrogen (secondary N) is 3. The van der Waals surface area contributed by atoms with Crippen molar-refractivity contribution in [2.45, 2.75) is 30.2 Å². The van der Waals surface area contributed by atoms with Gasteiger partial charge in [0.25, 0.3) is 11.8 Å². The van der Waals surface area contributed by atoms with E-state index >= 15 is 0 Å². The summed E-state index contributed by atoms with van der Waals surface area (Å²) >= 11 is 11.9. The monoisotopic (exact) mass is 804 g/mol. The van der Waals surface area contributed by atoms with Crippen LogP contribution in [0.15, 0.2) is 71.2 Å². The highest BCUT2D eigenvalue weighted by Crippen LogP contribution is 2.39. The van der Waals surface area contributed by atoms with E-state index in [0.29, 0.717) is 16.2 Å². The van der Waals surface area contributed by atoms with E-state index in [1.165, 1.54) is 5.38 Å². The Balaban J connectivity index is 1.48. The van der Waals surface area contributed by atoms with Crippen LogP contribution in [-0.2, 0) is 52.7 Å². The third-order valence-electron chi connectivity index (χ3n) is 7.74. The molecule has 2 saturated heterocycles. The Morgan fingerprint density at radius 1 is 1.00 bits per heavy atom. The molecule has 0 radical (unpaired) electrons. The molecular weight excluding hydrogens is 775 g/mol. The van der Waals surface area contributed by atoms with E-state index in [0.717, 1.165) is 18.4 Å². The van der Waals surface area contributed by atoms with Crippen molar-refractivity contribution in [3.63, 3.8) is 0 Å². The lowest BCUT2D eigenvalue weighted by molar-refractivity contribution is -0.260. The lowest BCUT2D eigenvalue weighted by Gasteiger charge is -2.35. The summed E-state index contributed by atoms with van der Waals surface area (Å²) in [5, 5.41) is 12.2. The van der Waals surface area contributed by atoms with Gasteiger partial charge in [-0.25, -0.2) is 14.6 Å². The summed E-state index contributed by atoms with van der Waals surface area (Å²) in [5.41, 5.74) is -4.40. The summed E-state index contributed by atoms with van der Waals surface area (Å²) in [4.78, 5) is 106. The smallest absolute Gasteiger partial charge is 0.413 e. The number of halogens is 2. The first-order chi connectivity index (χ1) is 25.9. The number of carbonyl (C=O) groups is 7. The molecule has 0 aliphatic carbocycles. The molecule has 3 heterocycles. The number of hydrogen-bond donors (Lipinski definition) is 3. The van der Waals surface area contributed by atoms with Crippen LogP contribution < -0.4 is 16.0 Å². The number of esters is 2. The van der Waals surface area contributed by atoms with Crippen LogP contribution in [0, 0.1) is 0 Å². The van der Waals surface area contributed by atoms with Gasteiger partial charge in [-0.2, -0.15) is 5.06 Å². The van der Waals surface area contributed by atoms with Crippen molar-refractivity contribution in [3.8, 4) is 0 Å². The number of alkyl carbamates (subject to hydrolysis) is 1. The normalized spacial score (nSPS) is 19.6. The summed E-state index contributed by atoms with van der Waals surface area (Å²) in [6, 6.07) is 17.3. The minimum atomic E-state index is -2.51. The summed E-state index contributed by atoms with van der Waals surface area (Å²) in [6.07, 6.45) is -3.14. The van der Waals surface area contributed by atoms with Gasteiger partial charge in [-0.3, -0.25) is 34.1 Å². The first-order valence-corrected chi connectivity index (χ1v) is 17.7. The van der Waals surface area contributed by atoms with Crippen LogP contribution >= 0.6 is 34.5 Å². The standard InChI is InChI=1S/C33H30Cl2N6O12S/c1-49-40-25(21-16-54-30(36-21)37-22(42)14-34)27(45)39-32(17-50-31(48)38-23(43)15-35)18-51-41(28(32)46)33(13-12-24(44)53-33)29(47)52-26(19-8-4-2-5-9-19)20-10-6-3-7-11-20/h2-11,16,26H,12-15,17-18H2,1H3,(H,39,45)(H,36,37,42)(H,38,43,48). The average Bonchev–Trinajstić information content (AvgIpc) is 3.90. The predicted molar refractivity (Wildman–Crippen MR) is 188 cm³/mol. The molecule has 0 spiro atoms. The van der Waals surface area contributed by atoms with Crippen molar-refractivity contribution >= 4 is 87.0 Å². The van der Waals surface area contributed by atoms with E-state index < -0.39 is 90.3 Å². The van der Waals surface area contributed by atoms with Gasteiger partial charge in [0.2, 0.25) is 11.8 Å². The predicted octanol–water partition coefficient (Wildman–Crippen LogP) is 2.16. The Morgan fingerprint density at radius 2 is 1.65 bits per heavy atom. The van der Waals surface area contributed by atoms with Gasteiger partial charge in [-0.05, 0) is 11.1 Å². The maximum atomic E-state index is 14.5. The molecule has 284 valence electrons. The third kappa shape index (κ3) is 8.76. The highest BCUT2D eigenvalue weighted by atomic mass is 35.5. The Kier molecular flexibility index (Phi) is 12.8. The first kappa shape index (κ1) is 39.6. The van der Waals surface area contributed by atoms with Gasteiger partial charge >= 0.3 is 23.8 Å². The molecule has 18 nitrogen and oxygen atoms in total. The van der Waals surface area contributed by atoms with Crippen molar-refractivity contribution in [3.05, 3.63) is 82.9 Å². The number of carbonyl (C=O) groups excluding carboxylic acids is 7. The average molecular weight is 806 g/mol. The minimum absolute atomic E-state index is 0.0465. The van der Waals surface area contributed by atoms with Gasteiger partial charge in [0.15, 0.2) is 22.5 Å². The van der Waals surface area contributed by atoms with E-state index in [4.69, 9.17) is 47.1 Å². The number of thiazole rings is 1. The quantitative estimate of drug-likeness (QED) is 0.0699. The van der Waals surface area contributed by atoms with Crippen LogP contribution in [0.4, 0.5) is 9.93 Å². The number of cyclic esters (lactones) is 1. The molecule has 2 aliphatic rings. The lowest BCUT2D eigenvalue weighted by Crippen LogP contribution is -2.64. The number of amides is 5. The first-order valence-electron chi connectivity index (χ1n) is 15.7. The number of ether oxygens (including phenoxy) is 3. The van der Waals surface area contributed by atoms with Crippen LogP contribution in [0.1, 0.15) is 35.8 Å². The molecule has 2 atom stereocenters. The molecule has 54 heavy (non-hydrogen) atoms. The van der Waals surface area contributed by atoms with Crippen molar-refractivity contribution in [1.82, 2.24) is 20.7 Å². The molecule has 0 saturated carbocycles. The number of rotatable bonds is 14. The van der Waals surface area contributed by atoms with Gasteiger partial charge in [-0.15, -0.1) is 34.5 Å². The van der Waals surface area contributed by atoms with Crippen LogP contribution in [0.3, 0.4) is 0 Å². The number of anilines is 1. The Morgan fingerprint density at radius 3 is 2.22 bits per heavy atom. The number of aromatic nitrogens is 1. The second-order valence-corrected chi connectivity index (χ2v) is 12.8. The maximum absolute atomic E-state index is 14.5. The Hall–Kier alpha value is -5.63. The Bertz CT molecular complexity index is 1910. The number of imide groups is 1. The second kappa shape index (κ2) is 17.5. The van der Waals surface area contributed by atoms with Gasteiger partial charge in [0.1, 0.15) is 37.8 Å². The number of hydroxylamine groups is 2. The van der Waals surface area contributed by atoms with Gasteiger partial charge in [-0.1, -0.05) is 65.8 Å². The number of alkyl halides is 2. The van der Waals surface area contributed by atoms with Crippen LogP contribution in [0.25, 0.3) is 0 Å². The lowest BCUT2D eigenvalue weighted by atomic mass is 9.98. The van der Waals surface area contributed by atoms with Crippen molar-refractivity contribution in [1.29, 1.82) is 0 Å². The number of oxime groups is 1. The fraction of sp³-hybridized carbons (Fsp3) is 0.303. The second-order valence-electron chi connectivity index (χ2n) is 11.4. The third-order valence-corrected chi connectivity index (χ3v) is 8.98. The van der Waals surface area contributed by atoms with Crippen LogP contribution in [0.5, 0.6) is 0 Å². The molecule has 0 bridgehead atoms. The highest BCUT2D eigenvalue weighted by Gasteiger charge is 2.65. The van der Waals surface area contributed by atoms with Gasteiger partial charge in [0, 0.05) is 11.8 Å². The van der Waals surface area contributed by atoms with Crippen molar-refractivity contribution in [2.24, 2.45) is 5.16 Å². The fourth-order valence-electron chi connectivity index (χ4n) is 5.24. The summed E-state index contributed by atoms with van der Waals surface area (Å²) in [7, 11) is 1.13. The van der Waals surface area contributed by atoms with Crippen LogP contribution in [0.2, 0.25) is 0 Å². The molecular formula is C33H30Cl2N6O12S. The molecule has 1 aromatic heterocycles. The molecule has 2 fully saturated rings. The van der Waals surface area contributed by atoms with E-state index in [1.807, 2.05) is 5.32 Å². The van der Waals surface area contributed by atoms with Crippen molar-refractivity contribution < 1.29 is 57.4 Å². The highest BCUT2D eigenvalue weighted by molar-refractivity contribution is 7.14.